The van der Waals surface area contributed by atoms with Crippen molar-refractivity contribution in [2.75, 3.05) is 19.6 Å². The predicted octanol–water partition coefficient (Wildman–Crippen LogP) is 2.49. The molecule has 2 nitrogen and oxygen atoms in total. The Bertz CT molecular complexity index is 211. The predicted molar refractivity (Wildman–Crippen MR) is 69.6 cm³/mol. The molecule has 0 aromatic carbocycles. The Labute approximate surface area is 101 Å². The van der Waals surface area contributed by atoms with Crippen molar-refractivity contribution in [3.8, 4) is 0 Å². The average Bonchev–Trinajstić information content (AvgIpc) is 2.99. The number of nitrogens with one attached hydrogen (secondary N) is 1. The molecule has 1 saturated heterocycles. The summed E-state index contributed by atoms with van der Waals surface area (Å²) < 4.78 is 0. The third-order valence-corrected chi connectivity index (χ3v) is 3.87. The lowest BCUT2D eigenvalue weighted by molar-refractivity contribution is 0.182. The van der Waals surface area contributed by atoms with Gasteiger partial charge in [0.1, 0.15) is 0 Å². The quantitative estimate of drug-likeness (QED) is 0.772. The zero-order valence-corrected chi connectivity index (χ0v) is 11.2. The molecule has 94 valence electrons. The van der Waals surface area contributed by atoms with Gasteiger partial charge in [-0.2, -0.15) is 0 Å². The maximum atomic E-state index is 3.69. The summed E-state index contributed by atoms with van der Waals surface area (Å²) in [5, 5.41) is 3.69. The van der Waals surface area contributed by atoms with E-state index in [9.17, 15) is 0 Å². The fourth-order valence-corrected chi connectivity index (χ4v) is 2.92. The van der Waals surface area contributed by atoms with E-state index in [1.165, 1.54) is 45.3 Å². The molecule has 1 heterocycles. The van der Waals surface area contributed by atoms with Crippen LogP contribution in [0.2, 0.25) is 0 Å². The first-order chi connectivity index (χ1) is 7.65. The van der Waals surface area contributed by atoms with E-state index in [2.05, 4.69) is 31.0 Å². The van der Waals surface area contributed by atoms with E-state index >= 15 is 0 Å². The van der Waals surface area contributed by atoms with Crippen LogP contribution in [0.3, 0.4) is 0 Å². The van der Waals surface area contributed by atoms with E-state index in [4.69, 9.17) is 0 Å². The second kappa shape index (κ2) is 5.50. The molecule has 1 aliphatic heterocycles. The Morgan fingerprint density at radius 2 is 2.00 bits per heavy atom. The standard InChI is InChI=1S/C14H28N2/c1-11(2)9-16(14-4-5-14)10-13-8-12(3)6-7-15-13/h11-15H,4-10H2,1-3H3. The van der Waals surface area contributed by atoms with Gasteiger partial charge in [-0.1, -0.05) is 20.8 Å². The minimum Gasteiger partial charge on any atom is -0.313 e. The molecule has 0 aromatic rings. The zero-order chi connectivity index (χ0) is 11.5. The van der Waals surface area contributed by atoms with Gasteiger partial charge < -0.3 is 5.32 Å². The van der Waals surface area contributed by atoms with Gasteiger partial charge in [-0.05, 0) is 44.1 Å². The molecular weight excluding hydrogens is 196 g/mol. The SMILES string of the molecule is CC(C)CN(CC1CC(C)CCN1)C1CC1. The van der Waals surface area contributed by atoms with Crippen LogP contribution >= 0.6 is 0 Å². The molecule has 2 unspecified atom stereocenters. The van der Waals surface area contributed by atoms with E-state index in [0.717, 1.165) is 23.9 Å². The van der Waals surface area contributed by atoms with Crippen molar-refractivity contribution >= 4 is 0 Å². The number of hydrogen-bond donors (Lipinski definition) is 1. The third kappa shape index (κ3) is 3.74. The van der Waals surface area contributed by atoms with E-state index in [1.54, 1.807) is 0 Å². The Hall–Kier alpha value is -0.0800. The molecule has 0 radical (unpaired) electrons. The minimum atomic E-state index is 0.753. The van der Waals surface area contributed by atoms with Crippen LogP contribution in [-0.2, 0) is 0 Å². The molecule has 16 heavy (non-hydrogen) atoms. The third-order valence-electron chi connectivity index (χ3n) is 3.87. The maximum absolute atomic E-state index is 3.69. The zero-order valence-electron chi connectivity index (χ0n) is 11.2. The fourth-order valence-electron chi connectivity index (χ4n) is 2.92. The first kappa shape index (κ1) is 12.4. The van der Waals surface area contributed by atoms with Crippen LogP contribution in [0.15, 0.2) is 0 Å². The maximum Gasteiger partial charge on any atom is 0.0197 e. The van der Waals surface area contributed by atoms with Crippen LogP contribution in [0.25, 0.3) is 0 Å². The normalized spacial score (nSPS) is 31.3. The van der Waals surface area contributed by atoms with E-state index < -0.39 is 0 Å². The molecule has 1 N–H and O–H groups in total. The summed E-state index contributed by atoms with van der Waals surface area (Å²) in [6, 6.07) is 1.67. The summed E-state index contributed by atoms with van der Waals surface area (Å²) in [5.74, 6) is 1.73. The van der Waals surface area contributed by atoms with Crippen LogP contribution in [0.4, 0.5) is 0 Å². The lowest BCUT2D eigenvalue weighted by Gasteiger charge is -2.34. The Kier molecular flexibility index (Phi) is 4.26. The second-order valence-corrected chi connectivity index (χ2v) is 6.36. The largest absolute Gasteiger partial charge is 0.313 e. The van der Waals surface area contributed by atoms with Crippen LogP contribution < -0.4 is 5.32 Å². The van der Waals surface area contributed by atoms with Gasteiger partial charge in [0.2, 0.25) is 0 Å². The molecule has 1 saturated carbocycles. The monoisotopic (exact) mass is 224 g/mol. The van der Waals surface area contributed by atoms with Crippen LogP contribution in [0, 0.1) is 11.8 Å². The summed E-state index contributed by atoms with van der Waals surface area (Å²) >= 11 is 0. The lowest BCUT2D eigenvalue weighted by Crippen LogP contribution is -2.47. The highest BCUT2D eigenvalue weighted by Gasteiger charge is 2.31. The van der Waals surface area contributed by atoms with Crippen molar-refractivity contribution in [2.45, 2.75) is 58.5 Å². The Morgan fingerprint density at radius 3 is 2.56 bits per heavy atom. The average molecular weight is 224 g/mol. The van der Waals surface area contributed by atoms with Crippen molar-refractivity contribution in [1.82, 2.24) is 10.2 Å². The molecule has 0 amide bonds. The molecule has 2 rings (SSSR count). The molecule has 1 aliphatic carbocycles. The van der Waals surface area contributed by atoms with E-state index in [-0.39, 0.29) is 0 Å². The van der Waals surface area contributed by atoms with E-state index in [0.29, 0.717) is 0 Å². The Morgan fingerprint density at radius 1 is 1.25 bits per heavy atom. The van der Waals surface area contributed by atoms with Crippen molar-refractivity contribution < 1.29 is 0 Å². The van der Waals surface area contributed by atoms with Gasteiger partial charge in [-0.3, -0.25) is 4.90 Å². The molecular formula is C14H28N2. The second-order valence-electron chi connectivity index (χ2n) is 6.36. The van der Waals surface area contributed by atoms with Crippen LogP contribution in [0.1, 0.15) is 46.5 Å². The molecule has 0 bridgehead atoms. The van der Waals surface area contributed by atoms with Gasteiger partial charge in [0, 0.05) is 25.2 Å². The summed E-state index contributed by atoms with van der Waals surface area (Å²) in [5.41, 5.74) is 0. The lowest BCUT2D eigenvalue weighted by atomic mass is 9.94. The van der Waals surface area contributed by atoms with Crippen LogP contribution in [0.5, 0.6) is 0 Å². The van der Waals surface area contributed by atoms with Gasteiger partial charge in [-0.15, -0.1) is 0 Å². The number of nitrogens with zero attached hydrogens (tertiary/aromatic N) is 1. The molecule has 2 fully saturated rings. The summed E-state index contributed by atoms with van der Waals surface area (Å²) in [6.07, 6.45) is 5.62. The number of hydrogen-bond acceptors (Lipinski definition) is 2. The molecule has 2 heteroatoms. The fraction of sp³-hybridized carbons (Fsp3) is 1.00. The minimum absolute atomic E-state index is 0.753. The van der Waals surface area contributed by atoms with Gasteiger partial charge in [0.15, 0.2) is 0 Å². The number of piperidine rings is 1. The highest BCUT2D eigenvalue weighted by Crippen LogP contribution is 2.28. The van der Waals surface area contributed by atoms with Gasteiger partial charge in [0.05, 0.1) is 0 Å². The van der Waals surface area contributed by atoms with Crippen molar-refractivity contribution in [1.29, 1.82) is 0 Å². The highest BCUT2D eigenvalue weighted by atomic mass is 15.2. The van der Waals surface area contributed by atoms with Gasteiger partial charge >= 0.3 is 0 Å². The molecule has 0 aromatic heterocycles. The van der Waals surface area contributed by atoms with Crippen LogP contribution in [-0.4, -0.2) is 36.6 Å². The van der Waals surface area contributed by atoms with Gasteiger partial charge in [-0.25, -0.2) is 0 Å². The van der Waals surface area contributed by atoms with Crippen molar-refractivity contribution in [2.24, 2.45) is 11.8 Å². The number of rotatable bonds is 5. The summed E-state index contributed by atoms with van der Waals surface area (Å²) in [7, 11) is 0. The smallest absolute Gasteiger partial charge is 0.0197 e. The van der Waals surface area contributed by atoms with Crippen molar-refractivity contribution in [3.63, 3.8) is 0 Å². The van der Waals surface area contributed by atoms with E-state index in [1.807, 2.05) is 0 Å². The summed E-state index contributed by atoms with van der Waals surface area (Å²) in [4.78, 5) is 2.74. The molecule has 0 spiro atoms. The van der Waals surface area contributed by atoms with Gasteiger partial charge in [0.25, 0.3) is 0 Å². The first-order valence-electron chi connectivity index (χ1n) is 7.12. The summed E-state index contributed by atoms with van der Waals surface area (Å²) in [6.45, 7) is 10.9. The topological polar surface area (TPSA) is 15.3 Å². The molecule has 2 aliphatic rings. The van der Waals surface area contributed by atoms with Crippen molar-refractivity contribution in [3.05, 3.63) is 0 Å². The molecule has 2 atom stereocenters. The first-order valence-corrected chi connectivity index (χ1v) is 7.12. The Balaban J connectivity index is 1.79. The highest BCUT2D eigenvalue weighted by molar-refractivity contribution is 4.88.